The van der Waals surface area contributed by atoms with Crippen LogP contribution in [-0.4, -0.2) is 32.3 Å². The first kappa shape index (κ1) is 11.7. The van der Waals surface area contributed by atoms with Crippen LogP contribution < -0.4 is 4.90 Å². The second kappa shape index (κ2) is 5.47. The van der Waals surface area contributed by atoms with E-state index in [9.17, 15) is 9.00 Å². The summed E-state index contributed by atoms with van der Waals surface area (Å²) in [6.07, 6.45) is 0. The highest BCUT2D eigenvalue weighted by molar-refractivity contribution is 7.79. The van der Waals surface area contributed by atoms with Crippen LogP contribution in [0.2, 0.25) is 0 Å². The maximum atomic E-state index is 10.6. The zero-order valence-electron chi connectivity index (χ0n) is 7.87. The van der Waals surface area contributed by atoms with Crippen molar-refractivity contribution in [3.8, 4) is 0 Å². The first-order chi connectivity index (χ1) is 7.09. The molecule has 0 aliphatic heterocycles. The molecule has 0 aliphatic carbocycles. The minimum atomic E-state index is -2.05. The summed E-state index contributed by atoms with van der Waals surface area (Å²) >= 11 is -2.05. The van der Waals surface area contributed by atoms with E-state index >= 15 is 0 Å². The third kappa shape index (κ3) is 4.09. The fourth-order valence-corrected chi connectivity index (χ4v) is 1.65. The molecule has 0 bridgehead atoms. The molecule has 0 spiro atoms. The first-order valence-corrected chi connectivity index (χ1v) is 5.46. The Labute approximate surface area is 89.6 Å². The molecular weight excluding hydrogens is 218 g/mol. The number of nitrogens with zero attached hydrogens (tertiary/aromatic N) is 1. The zero-order chi connectivity index (χ0) is 11.3. The van der Waals surface area contributed by atoms with Gasteiger partial charge in [0.2, 0.25) is 0 Å². The standard InChI is InChI=1S/C9H11NO4S/c11-9(12)6-10(7-15(13)14)8-4-2-1-3-5-8/h1-5H,6-7H2,(H,11,12)(H,13,14). The molecule has 0 saturated heterocycles. The summed E-state index contributed by atoms with van der Waals surface area (Å²) in [4.78, 5) is 11.9. The predicted molar refractivity (Wildman–Crippen MR) is 57.1 cm³/mol. The van der Waals surface area contributed by atoms with Crippen molar-refractivity contribution >= 4 is 22.7 Å². The highest BCUT2D eigenvalue weighted by atomic mass is 32.2. The Morgan fingerprint density at radius 2 is 1.93 bits per heavy atom. The maximum Gasteiger partial charge on any atom is 0.323 e. The second-order valence-electron chi connectivity index (χ2n) is 2.88. The minimum Gasteiger partial charge on any atom is -0.480 e. The molecule has 1 aromatic rings. The monoisotopic (exact) mass is 229 g/mol. The number of carbonyl (C=O) groups is 1. The molecule has 0 aliphatic rings. The topological polar surface area (TPSA) is 77.8 Å². The molecule has 6 heteroatoms. The van der Waals surface area contributed by atoms with E-state index in [0.717, 1.165) is 0 Å². The molecule has 1 atom stereocenters. The van der Waals surface area contributed by atoms with Gasteiger partial charge in [0.15, 0.2) is 11.1 Å². The van der Waals surface area contributed by atoms with E-state index in [0.29, 0.717) is 5.69 Å². The molecule has 0 amide bonds. The van der Waals surface area contributed by atoms with Gasteiger partial charge in [-0.05, 0) is 12.1 Å². The fraction of sp³-hybridized carbons (Fsp3) is 0.222. The summed E-state index contributed by atoms with van der Waals surface area (Å²) in [6.45, 7) is -0.295. The number of carboxylic acid groups (broad SMARTS) is 1. The Hall–Kier alpha value is -1.40. The van der Waals surface area contributed by atoms with Gasteiger partial charge in [-0.15, -0.1) is 0 Å². The van der Waals surface area contributed by atoms with E-state index in [1.807, 2.05) is 0 Å². The van der Waals surface area contributed by atoms with Crippen molar-refractivity contribution in [2.75, 3.05) is 17.3 Å². The van der Waals surface area contributed by atoms with Gasteiger partial charge in [0, 0.05) is 5.69 Å². The third-order valence-corrected chi connectivity index (χ3v) is 2.25. The molecule has 0 radical (unpaired) electrons. The Morgan fingerprint density at radius 3 is 2.40 bits per heavy atom. The van der Waals surface area contributed by atoms with Crippen molar-refractivity contribution < 1.29 is 18.7 Å². The van der Waals surface area contributed by atoms with Crippen LogP contribution >= 0.6 is 0 Å². The van der Waals surface area contributed by atoms with Crippen molar-refractivity contribution in [1.82, 2.24) is 0 Å². The van der Waals surface area contributed by atoms with Crippen molar-refractivity contribution in [2.45, 2.75) is 0 Å². The van der Waals surface area contributed by atoms with Gasteiger partial charge in [-0.1, -0.05) is 18.2 Å². The smallest absolute Gasteiger partial charge is 0.323 e. The molecular formula is C9H11NO4S. The molecule has 0 heterocycles. The van der Waals surface area contributed by atoms with E-state index in [4.69, 9.17) is 9.66 Å². The van der Waals surface area contributed by atoms with Crippen LogP contribution in [-0.2, 0) is 15.9 Å². The van der Waals surface area contributed by atoms with Gasteiger partial charge in [0.25, 0.3) is 0 Å². The summed E-state index contributed by atoms with van der Waals surface area (Å²) in [5, 5.41) is 8.64. The Morgan fingerprint density at radius 1 is 1.33 bits per heavy atom. The number of aliphatic carboxylic acids is 1. The Bertz CT molecular complexity index is 338. The van der Waals surface area contributed by atoms with Gasteiger partial charge in [0.05, 0.1) is 0 Å². The lowest BCUT2D eigenvalue weighted by Crippen LogP contribution is -2.32. The number of hydrogen-bond donors (Lipinski definition) is 2. The van der Waals surface area contributed by atoms with Crippen molar-refractivity contribution in [3.05, 3.63) is 30.3 Å². The van der Waals surface area contributed by atoms with Crippen molar-refractivity contribution in [3.63, 3.8) is 0 Å². The van der Waals surface area contributed by atoms with Crippen LogP contribution in [0.15, 0.2) is 30.3 Å². The Kier molecular flexibility index (Phi) is 4.26. The lowest BCUT2D eigenvalue weighted by molar-refractivity contribution is -0.135. The summed E-state index contributed by atoms with van der Waals surface area (Å²) in [6, 6.07) is 8.65. The van der Waals surface area contributed by atoms with Crippen molar-refractivity contribution in [1.29, 1.82) is 0 Å². The van der Waals surface area contributed by atoms with Gasteiger partial charge in [0.1, 0.15) is 12.4 Å². The van der Waals surface area contributed by atoms with Crippen LogP contribution in [0.1, 0.15) is 0 Å². The van der Waals surface area contributed by atoms with Crippen LogP contribution in [0.5, 0.6) is 0 Å². The molecule has 0 saturated carbocycles. The van der Waals surface area contributed by atoms with Gasteiger partial charge >= 0.3 is 5.97 Å². The van der Waals surface area contributed by atoms with Crippen molar-refractivity contribution in [2.24, 2.45) is 0 Å². The number of para-hydroxylation sites is 1. The molecule has 1 rings (SSSR count). The number of anilines is 1. The number of hydrogen-bond acceptors (Lipinski definition) is 3. The predicted octanol–water partition coefficient (Wildman–Crippen LogP) is 0.757. The van der Waals surface area contributed by atoms with E-state index in [1.165, 1.54) is 4.90 Å². The number of carboxylic acids is 1. The molecule has 15 heavy (non-hydrogen) atoms. The summed E-state index contributed by atoms with van der Waals surface area (Å²) < 4.78 is 19.4. The van der Waals surface area contributed by atoms with Crippen LogP contribution in [0, 0.1) is 0 Å². The molecule has 1 aromatic carbocycles. The van der Waals surface area contributed by atoms with E-state index in [-0.39, 0.29) is 12.4 Å². The molecule has 1 unspecified atom stereocenters. The summed E-state index contributed by atoms with van der Waals surface area (Å²) in [5.41, 5.74) is 0.613. The largest absolute Gasteiger partial charge is 0.480 e. The van der Waals surface area contributed by atoms with Gasteiger partial charge in [-0.3, -0.25) is 4.79 Å². The SMILES string of the molecule is O=C(O)CN(CS(=O)O)c1ccccc1. The Balaban J connectivity index is 2.81. The first-order valence-electron chi connectivity index (χ1n) is 4.19. The molecule has 0 aromatic heterocycles. The quantitative estimate of drug-likeness (QED) is 0.729. The van der Waals surface area contributed by atoms with E-state index in [2.05, 4.69) is 0 Å². The van der Waals surface area contributed by atoms with Crippen LogP contribution in [0.4, 0.5) is 5.69 Å². The normalized spacial score (nSPS) is 12.1. The number of benzene rings is 1. The minimum absolute atomic E-state index is 0.212. The van der Waals surface area contributed by atoms with Crippen LogP contribution in [0.25, 0.3) is 0 Å². The average Bonchev–Trinajstić information content (AvgIpc) is 2.17. The molecule has 82 valence electrons. The lowest BCUT2D eigenvalue weighted by Gasteiger charge is -2.20. The van der Waals surface area contributed by atoms with E-state index in [1.54, 1.807) is 30.3 Å². The lowest BCUT2D eigenvalue weighted by atomic mass is 10.3. The second-order valence-corrected chi connectivity index (χ2v) is 3.78. The molecule has 0 fully saturated rings. The summed E-state index contributed by atoms with van der Waals surface area (Å²) in [5.74, 6) is -1.25. The molecule has 2 N–H and O–H groups in total. The van der Waals surface area contributed by atoms with Gasteiger partial charge in [-0.2, -0.15) is 0 Å². The summed E-state index contributed by atoms with van der Waals surface area (Å²) in [7, 11) is 0. The van der Waals surface area contributed by atoms with Crippen LogP contribution in [0.3, 0.4) is 0 Å². The number of rotatable bonds is 5. The average molecular weight is 229 g/mol. The third-order valence-electron chi connectivity index (χ3n) is 1.71. The zero-order valence-corrected chi connectivity index (χ0v) is 8.68. The van der Waals surface area contributed by atoms with Gasteiger partial charge in [-0.25, -0.2) is 4.21 Å². The van der Waals surface area contributed by atoms with Gasteiger partial charge < -0.3 is 14.6 Å². The maximum absolute atomic E-state index is 10.6. The fourth-order valence-electron chi connectivity index (χ4n) is 1.15. The molecule has 5 nitrogen and oxygen atoms in total. The highest BCUT2D eigenvalue weighted by Crippen LogP contribution is 2.12. The van der Waals surface area contributed by atoms with E-state index < -0.39 is 17.0 Å². The highest BCUT2D eigenvalue weighted by Gasteiger charge is 2.12.